The molecule has 108 valence electrons. The third kappa shape index (κ3) is 2.99. The Balaban J connectivity index is 1.93. The Hall–Kier alpha value is -2.50. The van der Waals surface area contributed by atoms with E-state index in [0.717, 1.165) is 18.4 Å². The Labute approximate surface area is 121 Å². The van der Waals surface area contributed by atoms with Gasteiger partial charge in [0.15, 0.2) is 5.82 Å². The number of rotatable bonds is 5. The minimum Gasteiger partial charge on any atom is -0.477 e. The second-order valence-corrected chi connectivity index (χ2v) is 4.65. The molecule has 21 heavy (non-hydrogen) atoms. The third-order valence-electron chi connectivity index (χ3n) is 3.02. The first-order valence-electron chi connectivity index (χ1n) is 6.88. The summed E-state index contributed by atoms with van der Waals surface area (Å²) in [5.74, 6) is -0.156. The number of nitrogens with zero attached hydrogens (tertiary/aromatic N) is 4. The molecule has 0 unspecified atom stereocenters. The van der Waals surface area contributed by atoms with Gasteiger partial charge in [-0.15, -0.1) is 0 Å². The fourth-order valence-electron chi connectivity index (χ4n) is 1.95. The third-order valence-corrected chi connectivity index (χ3v) is 3.02. The van der Waals surface area contributed by atoms with Crippen molar-refractivity contribution in [3.8, 4) is 17.4 Å². The minimum atomic E-state index is -0.622. The molecule has 0 aliphatic heterocycles. The first kappa shape index (κ1) is 13.5. The van der Waals surface area contributed by atoms with Crippen LogP contribution in [0.1, 0.15) is 19.8 Å². The maximum atomic E-state index is 13.6. The molecule has 0 bridgehead atoms. The smallest absolute Gasteiger partial charge is 0.220 e. The van der Waals surface area contributed by atoms with E-state index in [4.69, 9.17) is 4.74 Å². The van der Waals surface area contributed by atoms with Crippen molar-refractivity contribution in [1.82, 2.24) is 19.6 Å². The molecule has 0 aliphatic rings. The molecule has 0 atom stereocenters. The SMILES string of the molecule is CCCCOc1cc(F)nc(-c2cc3ccccn3n2)n1. The van der Waals surface area contributed by atoms with Gasteiger partial charge in [-0.25, -0.2) is 4.52 Å². The second-order valence-electron chi connectivity index (χ2n) is 4.65. The largest absolute Gasteiger partial charge is 0.477 e. The molecule has 0 N–H and O–H groups in total. The average Bonchev–Trinajstić information content (AvgIpc) is 2.91. The van der Waals surface area contributed by atoms with Crippen LogP contribution in [0.15, 0.2) is 36.5 Å². The summed E-state index contributed by atoms with van der Waals surface area (Å²) >= 11 is 0. The number of ether oxygens (including phenoxy) is 1. The highest BCUT2D eigenvalue weighted by molar-refractivity contribution is 5.60. The van der Waals surface area contributed by atoms with Gasteiger partial charge < -0.3 is 4.74 Å². The molecule has 5 nitrogen and oxygen atoms in total. The molecule has 0 saturated heterocycles. The molecule has 0 saturated carbocycles. The number of halogens is 1. The normalized spacial score (nSPS) is 11.0. The van der Waals surface area contributed by atoms with Gasteiger partial charge in [-0.3, -0.25) is 0 Å². The van der Waals surface area contributed by atoms with Crippen LogP contribution in [0.3, 0.4) is 0 Å². The summed E-state index contributed by atoms with van der Waals surface area (Å²) in [7, 11) is 0. The van der Waals surface area contributed by atoms with Crippen LogP contribution in [0.4, 0.5) is 4.39 Å². The van der Waals surface area contributed by atoms with E-state index < -0.39 is 5.95 Å². The summed E-state index contributed by atoms with van der Waals surface area (Å²) in [6.07, 6.45) is 3.72. The van der Waals surface area contributed by atoms with Gasteiger partial charge in [0.25, 0.3) is 0 Å². The van der Waals surface area contributed by atoms with Crippen LogP contribution < -0.4 is 4.74 Å². The van der Waals surface area contributed by atoms with Crippen LogP contribution in [-0.4, -0.2) is 26.2 Å². The average molecular weight is 286 g/mol. The van der Waals surface area contributed by atoms with Gasteiger partial charge in [-0.1, -0.05) is 19.4 Å². The van der Waals surface area contributed by atoms with Crippen molar-refractivity contribution in [1.29, 1.82) is 0 Å². The minimum absolute atomic E-state index is 0.227. The van der Waals surface area contributed by atoms with Gasteiger partial charge in [-0.2, -0.15) is 19.5 Å². The van der Waals surface area contributed by atoms with Crippen molar-refractivity contribution >= 4 is 5.52 Å². The Bertz CT molecular complexity index is 723. The number of pyridine rings is 1. The van der Waals surface area contributed by atoms with Crippen molar-refractivity contribution in [2.24, 2.45) is 0 Å². The second kappa shape index (κ2) is 5.87. The fourth-order valence-corrected chi connectivity index (χ4v) is 1.95. The number of hydrogen-bond donors (Lipinski definition) is 0. The summed E-state index contributed by atoms with van der Waals surface area (Å²) in [6.45, 7) is 2.57. The van der Waals surface area contributed by atoms with E-state index in [1.165, 1.54) is 6.07 Å². The topological polar surface area (TPSA) is 52.3 Å². The number of unbranched alkanes of at least 4 members (excludes halogenated alkanes) is 1. The predicted octanol–water partition coefficient (Wildman–Crippen LogP) is 3.11. The van der Waals surface area contributed by atoms with Crippen LogP contribution in [0.2, 0.25) is 0 Å². The van der Waals surface area contributed by atoms with Crippen LogP contribution in [-0.2, 0) is 0 Å². The zero-order valence-electron chi connectivity index (χ0n) is 11.7. The van der Waals surface area contributed by atoms with Gasteiger partial charge in [0, 0.05) is 6.20 Å². The van der Waals surface area contributed by atoms with Gasteiger partial charge >= 0.3 is 0 Å². The van der Waals surface area contributed by atoms with E-state index in [2.05, 4.69) is 22.0 Å². The quantitative estimate of drug-likeness (QED) is 0.534. The lowest BCUT2D eigenvalue weighted by molar-refractivity contribution is 0.295. The van der Waals surface area contributed by atoms with Gasteiger partial charge in [0.2, 0.25) is 11.8 Å². The molecule has 0 spiro atoms. The predicted molar refractivity (Wildman–Crippen MR) is 76.6 cm³/mol. The lowest BCUT2D eigenvalue weighted by Crippen LogP contribution is -2.02. The Morgan fingerprint density at radius 2 is 2.14 bits per heavy atom. The van der Waals surface area contributed by atoms with Crippen LogP contribution in [0, 0.1) is 5.95 Å². The van der Waals surface area contributed by atoms with E-state index in [0.29, 0.717) is 12.3 Å². The lowest BCUT2D eigenvalue weighted by atomic mass is 10.3. The van der Waals surface area contributed by atoms with E-state index in [-0.39, 0.29) is 11.7 Å². The molecule has 0 aromatic carbocycles. The standard InChI is InChI=1S/C15H15FN4O/c1-2-3-8-21-14-10-13(16)17-15(18-14)12-9-11-6-4-5-7-20(11)19-12/h4-7,9-10H,2-3,8H2,1H3. The molecule has 6 heteroatoms. The van der Waals surface area contributed by atoms with E-state index in [1.807, 2.05) is 30.5 Å². The van der Waals surface area contributed by atoms with Crippen molar-refractivity contribution in [3.63, 3.8) is 0 Å². The monoisotopic (exact) mass is 286 g/mol. The first-order valence-corrected chi connectivity index (χ1v) is 6.88. The molecule has 3 rings (SSSR count). The molecular formula is C15H15FN4O. The fraction of sp³-hybridized carbons (Fsp3) is 0.267. The maximum absolute atomic E-state index is 13.6. The summed E-state index contributed by atoms with van der Waals surface area (Å²) in [5, 5.41) is 4.33. The molecular weight excluding hydrogens is 271 g/mol. The summed E-state index contributed by atoms with van der Waals surface area (Å²) < 4.78 is 20.7. The molecule has 3 aromatic rings. The number of fused-ring (bicyclic) bond motifs is 1. The highest BCUT2D eigenvalue weighted by Crippen LogP contribution is 2.19. The summed E-state index contributed by atoms with van der Waals surface area (Å²) in [5.41, 5.74) is 1.41. The highest BCUT2D eigenvalue weighted by Gasteiger charge is 2.11. The highest BCUT2D eigenvalue weighted by atomic mass is 19.1. The first-order chi connectivity index (χ1) is 10.3. The van der Waals surface area contributed by atoms with Crippen molar-refractivity contribution in [2.75, 3.05) is 6.61 Å². The number of hydrogen-bond acceptors (Lipinski definition) is 4. The molecule has 0 radical (unpaired) electrons. The Morgan fingerprint density at radius 3 is 2.95 bits per heavy atom. The Kier molecular flexibility index (Phi) is 3.77. The van der Waals surface area contributed by atoms with E-state index in [9.17, 15) is 4.39 Å². The summed E-state index contributed by atoms with van der Waals surface area (Å²) in [4.78, 5) is 8.02. The van der Waals surface area contributed by atoms with E-state index >= 15 is 0 Å². The molecule has 0 aliphatic carbocycles. The number of aromatic nitrogens is 4. The van der Waals surface area contributed by atoms with Crippen LogP contribution in [0.25, 0.3) is 17.0 Å². The molecule has 3 aromatic heterocycles. The van der Waals surface area contributed by atoms with Crippen LogP contribution >= 0.6 is 0 Å². The Morgan fingerprint density at radius 1 is 1.24 bits per heavy atom. The van der Waals surface area contributed by atoms with E-state index in [1.54, 1.807) is 4.52 Å². The van der Waals surface area contributed by atoms with Gasteiger partial charge in [-0.05, 0) is 24.6 Å². The van der Waals surface area contributed by atoms with Gasteiger partial charge in [0.1, 0.15) is 5.69 Å². The van der Waals surface area contributed by atoms with Gasteiger partial charge in [0.05, 0.1) is 18.2 Å². The maximum Gasteiger partial charge on any atom is 0.220 e. The molecule has 0 amide bonds. The zero-order chi connectivity index (χ0) is 14.7. The van der Waals surface area contributed by atoms with Crippen molar-refractivity contribution in [3.05, 3.63) is 42.5 Å². The van der Waals surface area contributed by atoms with Crippen LogP contribution in [0.5, 0.6) is 5.88 Å². The lowest BCUT2D eigenvalue weighted by Gasteiger charge is -2.05. The molecule has 3 heterocycles. The zero-order valence-corrected chi connectivity index (χ0v) is 11.7. The van der Waals surface area contributed by atoms with Crippen molar-refractivity contribution < 1.29 is 9.13 Å². The summed E-state index contributed by atoms with van der Waals surface area (Å²) in [6, 6.07) is 8.69. The molecule has 0 fully saturated rings. The van der Waals surface area contributed by atoms with Crippen molar-refractivity contribution in [2.45, 2.75) is 19.8 Å².